The van der Waals surface area contributed by atoms with Crippen molar-refractivity contribution in [2.24, 2.45) is 5.41 Å². The lowest BCUT2D eigenvalue weighted by molar-refractivity contribution is -0.128. The van der Waals surface area contributed by atoms with Crippen LogP contribution in [-0.2, 0) is 11.2 Å². The third-order valence-corrected chi connectivity index (χ3v) is 4.64. The van der Waals surface area contributed by atoms with Crippen LogP contribution in [0.15, 0.2) is 17.8 Å². The van der Waals surface area contributed by atoms with Crippen molar-refractivity contribution in [2.75, 3.05) is 13.1 Å². The van der Waals surface area contributed by atoms with Gasteiger partial charge in [-0.1, -0.05) is 6.92 Å². The van der Waals surface area contributed by atoms with Crippen molar-refractivity contribution >= 4 is 22.1 Å². The van der Waals surface area contributed by atoms with Crippen LogP contribution in [0, 0.1) is 5.41 Å². The minimum absolute atomic E-state index is 0.164. The number of fused-ring (bicyclic) bond motifs is 1. The highest BCUT2D eigenvalue weighted by molar-refractivity contribution is 7.15. The number of carbonyl (C=O) groups is 1. The SMILES string of the molecule is CC1(C(=O)Cc2cn3ccsc3n2)CCNCC1. The Balaban J connectivity index is 1.75. The van der Waals surface area contributed by atoms with Gasteiger partial charge in [-0.3, -0.25) is 9.20 Å². The molecule has 0 radical (unpaired) electrons. The van der Waals surface area contributed by atoms with Gasteiger partial charge in [-0.15, -0.1) is 11.3 Å². The Morgan fingerprint density at radius 3 is 3.06 bits per heavy atom. The van der Waals surface area contributed by atoms with E-state index in [4.69, 9.17) is 0 Å². The first kappa shape index (κ1) is 11.9. The molecule has 1 fully saturated rings. The molecule has 3 heterocycles. The molecule has 0 spiro atoms. The number of nitrogens with zero attached hydrogens (tertiary/aromatic N) is 2. The zero-order valence-corrected chi connectivity index (χ0v) is 11.3. The Bertz CT molecular complexity index is 537. The lowest BCUT2D eigenvalue weighted by atomic mass is 9.76. The molecule has 2 aromatic heterocycles. The summed E-state index contributed by atoms with van der Waals surface area (Å²) in [7, 11) is 0. The van der Waals surface area contributed by atoms with Crippen LogP contribution in [0.4, 0.5) is 0 Å². The second kappa shape index (κ2) is 4.48. The summed E-state index contributed by atoms with van der Waals surface area (Å²) in [5.74, 6) is 0.328. The van der Waals surface area contributed by atoms with Crippen molar-refractivity contribution in [1.82, 2.24) is 14.7 Å². The van der Waals surface area contributed by atoms with E-state index in [9.17, 15) is 4.79 Å². The molecule has 4 nitrogen and oxygen atoms in total. The van der Waals surface area contributed by atoms with Crippen molar-refractivity contribution in [1.29, 1.82) is 0 Å². The van der Waals surface area contributed by atoms with Crippen LogP contribution in [0.1, 0.15) is 25.5 Å². The molecule has 0 atom stereocenters. The van der Waals surface area contributed by atoms with Crippen LogP contribution in [0.25, 0.3) is 4.96 Å². The molecular weight excluding hydrogens is 246 g/mol. The van der Waals surface area contributed by atoms with E-state index < -0.39 is 0 Å². The fourth-order valence-corrected chi connectivity index (χ4v) is 3.22. The van der Waals surface area contributed by atoms with Gasteiger partial charge in [0.15, 0.2) is 4.96 Å². The number of carbonyl (C=O) groups excluding carboxylic acids is 1. The zero-order chi connectivity index (χ0) is 12.6. The Morgan fingerprint density at radius 2 is 2.33 bits per heavy atom. The first-order chi connectivity index (χ1) is 8.67. The first-order valence-corrected chi connectivity index (χ1v) is 7.20. The molecule has 2 aromatic rings. The molecule has 18 heavy (non-hydrogen) atoms. The number of Topliss-reactive ketones (excluding diaryl/α,β-unsaturated/α-hetero) is 1. The van der Waals surface area contributed by atoms with Gasteiger partial charge in [0.25, 0.3) is 0 Å². The highest BCUT2D eigenvalue weighted by atomic mass is 32.1. The Labute approximate surface area is 110 Å². The predicted octanol–water partition coefficient (Wildman–Crippen LogP) is 1.90. The molecule has 1 aliphatic rings. The van der Waals surface area contributed by atoms with Gasteiger partial charge in [-0.05, 0) is 25.9 Å². The number of hydrogen-bond acceptors (Lipinski definition) is 4. The fraction of sp³-hybridized carbons (Fsp3) is 0.538. The third kappa shape index (κ3) is 2.08. The standard InChI is InChI=1S/C13H17N3OS/c1-13(2-4-14-5-3-13)11(17)8-10-9-16-6-7-18-12(16)15-10/h6-7,9,14H,2-5,8H2,1H3. The van der Waals surface area contributed by atoms with Gasteiger partial charge in [0, 0.05) is 23.2 Å². The monoisotopic (exact) mass is 263 g/mol. The number of nitrogens with one attached hydrogen (secondary N) is 1. The summed E-state index contributed by atoms with van der Waals surface area (Å²) < 4.78 is 1.98. The van der Waals surface area contributed by atoms with Crippen LogP contribution in [0.5, 0.6) is 0 Å². The number of imidazole rings is 1. The molecular formula is C13H17N3OS. The molecule has 5 heteroatoms. The molecule has 0 amide bonds. The molecule has 0 unspecified atom stereocenters. The summed E-state index contributed by atoms with van der Waals surface area (Å²) in [6.07, 6.45) is 6.29. The third-order valence-electron chi connectivity index (χ3n) is 3.87. The number of thiazole rings is 1. The number of ketones is 1. The summed E-state index contributed by atoms with van der Waals surface area (Å²) in [4.78, 5) is 17.9. The molecule has 3 rings (SSSR count). The topological polar surface area (TPSA) is 46.4 Å². The van der Waals surface area contributed by atoms with E-state index in [0.717, 1.165) is 36.6 Å². The number of aromatic nitrogens is 2. The molecule has 1 aliphatic heterocycles. The maximum Gasteiger partial charge on any atom is 0.193 e. The lowest BCUT2D eigenvalue weighted by Crippen LogP contribution is -2.40. The average Bonchev–Trinajstić information content (AvgIpc) is 2.90. The van der Waals surface area contributed by atoms with Gasteiger partial charge in [-0.25, -0.2) is 4.98 Å². The number of rotatable bonds is 3. The maximum atomic E-state index is 12.4. The van der Waals surface area contributed by atoms with Crippen molar-refractivity contribution in [3.05, 3.63) is 23.5 Å². The largest absolute Gasteiger partial charge is 0.317 e. The molecule has 1 saturated heterocycles. The van der Waals surface area contributed by atoms with Crippen molar-refractivity contribution < 1.29 is 4.79 Å². The second-order valence-electron chi connectivity index (χ2n) is 5.24. The Morgan fingerprint density at radius 1 is 1.56 bits per heavy atom. The van der Waals surface area contributed by atoms with Crippen molar-refractivity contribution in [3.63, 3.8) is 0 Å². The molecule has 0 aromatic carbocycles. The van der Waals surface area contributed by atoms with Crippen LogP contribution in [-0.4, -0.2) is 28.3 Å². The van der Waals surface area contributed by atoms with Gasteiger partial charge in [-0.2, -0.15) is 0 Å². The summed E-state index contributed by atoms with van der Waals surface area (Å²) in [6.45, 7) is 3.98. The molecule has 96 valence electrons. The highest BCUT2D eigenvalue weighted by Crippen LogP contribution is 2.30. The van der Waals surface area contributed by atoms with E-state index >= 15 is 0 Å². The quantitative estimate of drug-likeness (QED) is 0.920. The van der Waals surface area contributed by atoms with Gasteiger partial charge in [0.1, 0.15) is 5.78 Å². The van der Waals surface area contributed by atoms with E-state index in [1.54, 1.807) is 11.3 Å². The zero-order valence-electron chi connectivity index (χ0n) is 10.5. The summed E-state index contributed by atoms with van der Waals surface area (Å²) in [5.41, 5.74) is 0.731. The first-order valence-electron chi connectivity index (χ1n) is 6.32. The van der Waals surface area contributed by atoms with Crippen LogP contribution >= 0.6 is 11.3 Å². The lowest BCUT2D eigenvalue weighted by Gasteiger charge is -2.32. The van der Waals surface area contributed by atoms with Crippen LogP contribution in [0.3, 0.4) is 0 Å². The molecule has 1 N–H and O–H groups in total. The van der Waals surface area contributed by atoms with E-state index in [2.05, 4.69) is 17.2 Å². The van der Waals surface area contributed by atoms with E-state index in [1.165, 1.54) is 0 Å². The minimum atomic E-state index is -0.164. The predicted molar refractivity (Wildman–Crippen MR) is 72.0 cm³/mol. The number of hydrogen-bond donors (Lipinski definition) is 1. The van der Waals surface area contributed by atoms with Crippen molar-refractivity contribution in [3.8, 4) is 0 Å². The van der Waals surface area contributed by atoms with Crippen LogP contribution in [0.2, 0.25) is 0 Å². The highest BCUT2D eigenvalue weighted by Gasteiger charge is 2.34. The second-order valence-corrected chi connectivity index (χ2v) is 6.11. The molecule has 0 bridgehead atoms. The van der Waals surface area contributed by atoms with Gasteiger partial charge in [0.05, 0.1) is 12.1 Å². The van der Waals surface area contributed by atoms with E-state index in [0.29, 0.717) is 12.2 Å². The normalized spacial score (nSPS) is 19.2. The minimum Gasteiger partial charge on any atom is -0.317 e. The molecule has 0 aliphatic carbocycles. The van der Waals surface area contributed by atoms with E-state index in [1.807, 2.05) is 22.2 Å². The van der Waals surface area contributed by atoms with Crippen molar-refractivity contribution in [2.45, 2.75) is 26.2 Å². The Kier molecular flexibility index (Phi) is 2.95. The Hall–Kier alpha value is -1.20. The summed E-state index contributed by atoms with van der Waals surface area (Å²) in [5, 5.41) is 5.31. The van der Waals surface area contributed by atoms with Gasteiger partial charge < -0.3 is 5.32 Å². The molecule has 0 saturated carbocycles. The summed E-state index contributed by atoms with van der Waals surface area (Å²) >= 11 is 1.60. The summed E-state index contributed by atoms with van der Waals surface area (Å²) in [6, 6.07) is 0. The fourth-order valence-electron chi connectivity index (χ4n) is 2.50. The van der Waals surface area contributed by atoms with Gasteiger partial charge >= 0.3 is 0 Å². The smallest absolute Gasteiger partial charge is 0.193 e. The maximum absolute atomic E-state index is 12.4. The average molecular weight is 263 g/mol. The van der Waals surface area contributed by atoms with Gasteiger partial charge in [0.2, 0.25) is 0 Å². The van der Waals surface area contributed by atoms with Crippen LogP contribution < -0.4 is 5.32 Å². The van der Waals surface area contributed by atoms with E-state index in [-0.39, 0.29) is 5.41 Å². The number of piperidine rings is 1.